The molecular weight excluding hydrogens is 541 g/mol. The van der Waals surface area contributed by atoms with Crippen molar-refractivity contribution in [3.63, 3.8) is 0 Å². The number of halogens is 1. The largest absolute Gasteiger partial charge is 0.493 e. The van der Waals surface area contributed by atoms with E-state index in [1.54, 1.807) is 17.6 Å². The zero-order valence-electron chi connectivity index (χ0n) is 24.4. The van der Waals surface area contributed by atoms with Crippen LogP contribution in [-0.4, -0.2) is 33.6 Å². The highest BCUT2D eigenvalue weighted by atomic mass is 19.1. The fourth-order valence-corrected chi connectivity index (χ4v) is 7.47. The third-order valence-corrected chi connectivity index (χ3v) is 10.2. The standard InChI is InChI=1S/C32H34FN3O6/c1-6-32(40)18-11-22-25-16(13-36(22)27(37)17(18)14-42-29(32)39)24-20(35-28(38)31(9-10-31)30(2,3)4)8-7-15-23(24)21(34-25)12-19(33)26(15)41-5/h11-12,20,40H,6-10,13-14H2,1-5H3,(H,35,38)/t20?,32-/m0/s1. The third-order valence-electron chi connectivity index (χ3n) is 10.2. The Morgan fingerprint density at radius 2 is 1.98 bits per heavy atom. The van der Waals surface area contributed by atoms with Gasteiger partial charge >= 0.3 is 5.97 Å². The smallest absolute Gasteiger partial charge is 0.343 e. The molecule has 4 heterocycles. The van der Waals surface area contributed by atoms with E-state index < -0.39 is 22.8 Å². The Bertz CT molecular complexity index is 1800. The van der Waals surface area contributed by atoms with Crippen molar-refractivity contribution in [3.05, 3.63) is 56.1 Å². The molecule has 1 fully saturated rings. The van der Waals surface area contributed by atoms with Crippen molar-refractivity contribution in [2.45, 2.75) is 84.6 Å². The summed E-state index contributed by atoms with van der Waals surface area (Å²) in [6.45, 7) is 7.87. The number of carbonyl (C=O) groups is 2. The number of fused-ring (bicyclic) bond motifs is 5. The summed E-state index contributed by atoms with van der Waals surface area (Å²) in [7, 11) is 1.44. The fraction of sp³-hybridized carbons (Fsp3) is 0.500. The van der Waals surface area contributed by atoms with Gasteiger partial charge in [-0.3, -0.25) is 9.59 Å². The molecule has 1 saturated carbocycles. The van der Waals surface area contributed by atoms with E-state index in [9.17, 15) is 19.5 Å². The van der Waals surface area contributed by atoms with Crippen LogP contribution in [0.15, 0.2) is 16.9 Å². The Hall–Kier alpha value is -3.79. The molecule has 3 aromatic rings. The number of ether oxygens (including phenoxy) is 2. The second-order valence-electron chi connectivity index (χ2n) is 13.1. The number of methoxy groups -OCH3 is 1. The normalized spacial score (nSPS) is 23.1. The number of benzene rings is 1. The van der Waals surface area contributed by atoms with Crippen LogP contribution < -0.4 is 15.6 Å². The van der Waals surface area contributed by atoms with Gasteiger partial charge in [0.15, 0.2) is 17.2 Å². The lowest BCUT2D eigenvalue weighted by molar-refractivity contribution is -0.172. The Morgan fingerprint density at radius 1 is 1.24 bits per heavy atom. The number of nitrogens with zero attached hydrogens (tertiary/aromatic N) is 2. The maximum absolute atomic E-state index is 15.3. The zero-order chi connectivity index (χ0) is 29.9. The van der Waals surface area contributed by atoms with E-state index in [4.69, 9.17) is 14.5 Å². The number of carbonyl (C=O) groups excluding carboxylic acids is 2. The quantitative estimate of drug-likeness (QED) is 0.351. The number of aryl methyl sites for hydroxylation is 1. The number of cyclic esters (lactones) is 1. The molecule has 220 valence electrons. The lowest BCUT2D eigenvalue weighted by Gasteiger charge is -2.34. The number of amides is 1. The van der Waals surface area contributed by atoms with Crippen molar-refractivity contribution in [1.29, 1.82) is 0 Å². The second-order valence-corrected chi connectivity index (χ2v) is 13.1. The number of rotatable bonds is 4. The van der Waals surface area contributed by atoms with E-state index in [-0.39, 0.29) is 59.4 Å². The molecule has 2 aromatic heterocycles. The van der Waals surface area contributed by atoms with E-state index in [0.29, 0.717) is 35.3 Å². The van der Waals surface area contributed by atoms with Crippen LogP contribution in [0, 0.1) is 16.6 Å². The van der Waals surface area contributed by atoms with Crippen molar-refractivity contribution in [1.82, 2.24) is 14.9 Å². The van der Waals surface area contributed by atoms with Gasteiger partial charge in [0.2, 0.25) is 5.91 Å². The average molecular weight is 576 g/mol. The zero-order valence-corrected chi connectivity index (χ0v) is 24.4. The van der Waals surface area contributed by atoms with Crippen LogP contribution in [0.5, 0.6) is 5.75 Å². The van der Waals surface area contributed by atoms with E-state index >= 15 is 4.39 Å². The van der Waals surface area contributed by atoms with Crippen LogP contribution in [0.4, 0.5) is 4.39 Å². The summed E-state index contributed by atoms with van der Waals surface area (Å²) in [5.41, 5.74) is 1.05. The molecule has 4 aliphatic rings. The minimum absolute atomic E-state index is 0.00283. The van der Waals surface area contributed by atoms with Gasteiger partial charge in [-0.25, -0.2) is 14.2 Å². The Kier molecular flexibility index (Phi) is 5.56. The first-order chi connectivity index (χ1) is 19.9. The maximum Gasteiger partial charge on any atom is 0.343 e. The van der Waals surface area contributed by atoms with Gasteiger partial charge in [-0.05, 0) is 49.1 Å². The molecule has 1 unspecified atom stereocenters. The molecule has 1 amide bonds. The SMILES string of the molecule is CC[C@@]1(O)C(=O)OCc2c1cc1n(c2=O)Cc2c-1nc1cc(F)c(OC)c3c1c2C(NC(=O)C1(C(C)(C)C)CC1)CC3. The molecule has 10 heteroatoms. The van der Waals surface area contributed by atoms with Gasteiger partial charge < -0.3 is 24.5 Å². The molecule has 0 saturated heterocycles. The van der Waals surface area contributed by atoms with Crippen molar-refractivity contribution >= 4 is 22.8 Å². The third kappa shape index (κ3) is 3.38. The molecular formula is C32H34FN3O6. The summed E-state index contributed by atoms with van der Waals surface area (Å²) in [6.07, 6.45) is 2.69. The van der Waals surface area contributed by atoms with Gasteiger partial charge in [-0.2, -0.15) is 0 Å². The van der Waals surface area contributed by atoms with Crippen molar-refractivity contribution in [3.8, 4) is 17.1 Å². The van der Waals surface area contributed by atoms with Crippen LogP contribution in [-0.2, 0) is 39.5 Å². The van der Waals surface area contributed by atoms with Crippen LogP contribution in [0.1, 0.15) is 87.2 Å². The lowest BCUT2D eigenvalue weighted by atomic mass is 9.76. The van der Waals surface area contributed by atoms with E-state index in [1.165, 1.54) is 13.2 Å². The summed E-state index contributed by atoms with van der Waals surface area (Å²) in [6, 6.07) is 2.60. The highest BCUT2D eigenvalue weighted by Gasteiger charge is 2.58. The number of pyridine rings is 2. The highest BCUT2D eigenvalue weighted by Crippen LogP contribution is 2.59. The van der Waals surface area contributed by atoms with Crippen LogP contribution >= 0.6 is 0 Å². The molecule has 9 nitrogen and oxygen atoms in total. The molecule has 2 aliphatic carbocycles. The van der Waals surface area contributed by atoms with Gasteiger partial charge in [0, 0.05) is 28.1 Å². The molecule has 0 spiro atoms. The minimum atomic E-state index is -1.95. The molecule has 2 aliphatic heterocycles. The Balaban J connectivity index is 1.46. The molecule has 7 rings (SSSR count). The van der Waals surface area contributed by atoms with Crippen molar-refractivity contribution < 1.29 is 28.6 Å². The molecule has 0 radical (unpaired) electrons. The number of aliphatic hydroxyl groups is 1. The van der Waals surface area contributed by atoms with Crippen LogP contribution in [0.2, 0.25) is 0 Å². The molecule has 0 bridgehead atoms. The number of hydrogen-bond acceptors (Lipinski definition) is 7. The van der Waals surface area contributed by atoms with Gasteiger partial charge in [-0.1, -0.05) is 27.7 Å². The first-order valence-corrected chi connectivity index (χ1v) is 14.6. The predicted molar refractivity (Wildman–Crippen MR) is 151 cm³/mol. The van der Waals surface area contributed by atoms with Crippen LogP contribution in [0.25, 0.3) is 22.3 Å². The number of esters is 1. The van der Waals surface area contributed by atoms with Gasteiger partial charge in [-0.15, -0.1) is 0 Å². The summed E-state index contributed by atoms with van der Waals surface area (Å²) < 4.78 is 27.5. The summed E-state index contributed by atoms with van der Waals surface area (Å²) in [5, 5.41) is 15.3. The first-order valence-electron chi connectivity index (χ1n) is 14.6. The molecule has 1 aromatic carbocycles. The number of hydrogen-bond donors (Lipinski definition) is 2. The number of aromatic nitrogens is 2. The molecule has 2 N–H and O–H groups in total. The Morgan fingerprint density at radius 3 is 2.62 bits per heavy atom. The van der Waals surface area contributed by atoms with Gasteiger partial charge in [0.25, 0.3) is 5.56 Å². The summed E-state index contributed by atoms with van der Waals surface area (Å²) >= 11 is 0. The minimum Gasteiger partial charge on any atom is -0.493 e. The molecule has 2 atom stereocenters. The van der Waals surface area contributed by atoms with E-state index in [0.717, 1.165) is 29.4 Å². The summed E-state index contributed by atoms with van der Waals surface area (Å²) in [4.78, 5) is 45.1. The van der Waals surface area contributed by atoms with E-state index in [1.807, 2.05) is 0 Å². The van der Waals surface area contributed by atoms with Gasteiger partial charge in [0.1, 0.15) is 6.61 Å². The topological polar surface area (TPSA) is 120 Å². The van der Waals surface area contributed by atoms with Crippen molar-refractivity contribution in [2.75, 3.05) is 7.11 Å². The van der Waals surface area contributed by atoms with Crippen molar-refractivity contribution in [2.24, 2.45) is 10.8 Å². The summed E-state index contributed by atoms with van der Waals surface area (Å²) in [5.74, 6) is -1.16. The second kappa shape index (κ2) is 8.63. The lowest BCUT2D eigenvalue weighted by Crippen LogP contribution is -2.44. The van der Waals surface area contributed by atoms with Gasteiger partial charge in [0.05, 0.1) is 47.6 Å². The fourth-order valence-electron chi connectivity index (χ4n) is 7.47. The first kappa shape index (κ1) is 27.1. The average Bonchev–Trinajstić information content (AvgIpc) is 3.70. The number of nitrogens with one attached hydrogen (secondary N) is 1. The highest BCUT2D eigenvalue weighted by molar-refractivity contribution is 5.95. The Labute approximate surface area is 242 Å². The maximum atomic E-state index is 15.3. The van der Waals surface area contributed by atoms with Crippen LogP contribution in [0.3, 0.4) is 0 Å². The molecule has 42 heavy (non-hydrogen) atoms. The predicted octanol–water partition coefficient (Wildman–Crippen LogP) is 4.16. The van der Waals surface area contributed by atoms with E-state index in [2.05, 4.69) is 26.1 Å². The monoisotopic (exact) mass is 575 g/mol.